The Bertz CT molecular complexity index is 381. The first kappa shape index (κ1) is 18.7. The number of ether oxygens (including phenoxy) is 1. The molecule has 1 fully saturated rings. The van der Waals surface area contributed by atoms with Crippen molar-refractivity contribution < 1.29 is 4.74 Å². The number of hydrogen-bond acceptors (Lipinski definition) is 1. The minimum Gasteiger partial charge on any atom is -0.373 e. The third-order valence-electron chi connectivity index (χ3n) is 3.46. The van der Waals surface area contributed by atoms with Gasteiger partial charge >= 0.3 is 0 Å². The molecule has 0 aromatic heterocycles. The average molecular weight is 300 g/mol. The van der Waals surface area contributed by atoms with Gasteiger partial charge in [-0.3, -0.25) is 0 Å². The Labute approximate surface area is 137 Å². The van der Waals surface area contributed by atoms with Crippen molar-refractivity contribution in [2.45, 2.75) is 64.4 Å². The summed E-state index contributed by atoms with van der Waals surface area (Å²) < 4.78 is 5.19. The summed E-state index contributed by atoms with van der Waals surface area (Å²) in [4.78, 5) is 0. The summed E-state index contributed by atoms with van der Waals surface area (Å²) in [5.41, 5.74) is 0. The van der Waals surface area contributed by atoms with Gasteiger partial charge in [0.15, 0.2) is 0 Å². The largest absolute Gasteiger partial charge is 0.373 e. The third kappa shape index (κ3) is 13.6. The van der Waals surface area contributed by atoms with Gasteiger partial charge in [-0.2, -0.15) is 0 Å². The molecule has 1 atom stereocenters. The molecule has 0 amide bonds. The van der Waals surface area contributed by atoms with Gasteiger partial charge in [-0.15, -0.1) is 0 Å². The minimum absolute atomic E-state index is 0.586. The van der Waals surface area contributed by atoms with Crippen LogP contribution in [0, 0.1) is 0 Å². The van der Waals surface area contributed by atoms with E-state index in [9.17, 15) is 0 Å². The summed E-state index contributed by atoms with van der Waals surface area (Å²) in [6, 6.07) is 0. The molecule has 0 bridgehead atoms. The smallest absolute Gasteiger partial charge is 0.0810 e. The van der Waals surface area contributed by atoms with Crippen molar-refractivity contribution in [2.75, 3.05) is 6.61 Å². The van der Waals surface area contributed by atoms with Crippen LogP contribution in [0.15, 0.2) is 60.8 Å². The first-order valence-electron chi connectivity index (χ1n) is 8.80. The average Bonchev–Trinajstić information content (AvgIpc) is 3.34. The molecule has 1 rings (SSSR count). The zero-order valence-corrected chi connectivity index (χ0v) is 14.1. The second kappa shape index (κ2) is 14.6. The lowest BCUT2D eigenvalue weighted by Gasteiger charge is -1.90. The lowest BCUT2D eigenvalue weighted by atomic mass is 10.2. The molecule has 0 aromatic carbocycles. The summed E-state index contributed by atoms with van der Waals surface area (Å²) in [7, 11) is 0. The molecule has 122 valence electrons. The number of unbranched alkanes of at least 4 members (excludes halogenated alkanes) is 1. The van der Waals surface area contributed by atoms with Gasteiger partial charge in [0, 0.05) is 0 Å². The minimum atomic E-state index is 0.586. The van der Waals surface area contributed by atoms with Crippen molar-refractivity contribution in [1.29, 1.82) is 0 Å². The maximum absolute atomic E-state index is 5.19. The second-order valence-electron chi connectivity index (χ2n) is 5.59. The molecular weight excluding hydrogens is 268 g/mol. The SMILES string of the molecule is CCC=CCC=CCC=CCC=CCC=CCCCC1CO1. The zero-order chi connectivity index (χ0) is 15.7. The molecule has 1 aliphatic rings. The molecule has 1 nitrogen and oxygen atoms in total. The van der Waals surface area contributed by atoms with Gasteiger partial charge in [0.25, 0.3) is 0 Å². The Balaban J connectivity index is 1.86. The van der Waals surface area contributed by atoms with Crippen LogP contribution in [-0.4, -0.2) is 12.7 Å². The normalized spacial score (nSPS) is 18.9. The predicted octanol–water partition coefficient (Wildman–Crippen LogP) is 6.31. The van der Waals surface area contributed by atoms with Gasteiger partial charge < -0.3 is 4.74 Å². The van der Waals surface area contributed by atoms with Crippen molar-refractivity contribution >= 4 is 0 Å². The number of epoxide rings is 1. The van der Waals surface area contributed by atoms with E-state index in [0.29, 0.717) is 6.10 Å². The maximum Gasteiger partial charge on any atom is 0.0810 e. The van der Waals surface area contributed by atoms with Gasteiger partial charge in [0.2, 0.25) is 0 Å². The summed E-state index contributed by atoms with van der Waals surface area (Å²) in [5.74, 6) is 0. The highest BCUT2D eigenvalue weighted by Crippen LogP contribution is 2.16. The fourth-order valence-electron chi connectivity index (χ4n) is 2.07. The fraction of sp³-hybridized carbons (Fsp3) is 0.524. The van der Waals surface area contributed by atoms with E-state index in [1.807, 2.05) is 0 Å². The van der Waals surface area contributed by atoms with E-state index >= 15 is 0 Å². The molecule has 1 heterocycles. The van der Waals surface area contributed by atoms with E-state index in [1.54, 1.807) is 0 Å². The topological polar surface area (TPSA) is 12.5 Å². The molecule has 22 heavy (non-hydrogen) atoms. The van der Waals surface area contributed by atoms with E-state index in [2.05, 4.69) is 67.7 Å². The molecule has 1 aliphatic heterocycles. The van der Waals surface area contributed by atoms with Crippen molar-refractivity contribution in [3.8, 4) is 0 Å². The first-order valence-corrected chi connectivity index (χ1v) is 8.80. The Morgan fingerprint density at radius 2 is 1.18 bits per heavy atom. The van der Waals surface area contributed by atoms with Gasteiger partial charge in [-0.1, -0.05) is 67.7 Å². The Morgan fingerprint density at radius 1 is 0.727 bits per heavy atom. The van der Waals surface area contributed by atoms with E-state index in [4.69, 9.17) is 4.74 Å². The maximum atomic E-state index is 5.19. The molecule has 0 saturated carbocycles. The van der Waals surface area contributed by atoms with Crippen LogP contribution in [0.4, 0.5) is 0 Å². The van der Waals surface area contributed by atoms with Crippen molar-refractivity contribution in [2.24, 2.45) is 0 Å². The van der Waals surface area contributed by atoms with Crippen LogP contribution in [0.2, 0.25) is 0 Å². The highest BCUT2D eigenvalue weighted by Gasteiger charge is 2.20. The molecule has 1 unspecified atom stereocenters. The van der Waals surface area contributed by atoms with Crippen LogP contribution >= 0.6 is 0 Å². The quantitative estimate of drug-likeness (QED) is 0.221. The van der Waals surface area contributed by atoms with Gasteiger partial charge in [0.1, 0.15) is 0 Å². The monoisotopic (exact) mass is 300 g/mol. The lowest BCUT2D eigenvalue weighted by Crippen LogP contribution is -1.82. The summed E-state index contributed by atoms with van der Waals surface area (Å²) >= 11 is 0. The highest BCUT2D eigenvalue weighted by molar-refractivity contribution is 5.00. The van der Waals surface area contributed by atoms with Gasteiger partial charge in [0.05, 0.1) is 12.7 Å². The number of allylic oxidation sites excluding steroid dienone is 10. The number of hydrogen-bond donors (Lipinski definition) is 0. The third-order valence-corrected chi connectivity index (χ3v) is 3.46. The highest BCUT2D eigenvalue weighted by atomic mass is 16.6. The molecule has 1 saturated heterocycles. The van der Waals surface area contributed by atoms with Gasteiger partial charge in [-0.25, -0.2) is 0 Å². The number of rotatable bonds is 13. The Hall–Kier alpha value is -1.34. The van der Waals surface area contributed by atoms with Crippen LogP contribution in [0.5, 0.6) is 0 Å². The van der Waals surface area contributed by atoms with E-state index in [-0.39, 0.29) is 0 Å². The van der Waals surface area contributed by atoms with Crippen molar-refractivity contribution in [1.82, 2.24) is 0 Å². The van der Waals surface area contributed by atoms with E-state index in [1.165, 1.54) is 19.3 Å². The van der Waals surface area contributed by atoms with Crippen LogP contribution in [0.25, 0.3) is 0 Å². The van der Waals surface area contributed by atoms with Crippen LogP contribution in [0.1, 0.15) is 58.3 Å². The van der Waals surface area contributed by atoms with E-state index in [0.717, 1.165) is 38.7 Å². The molecule has 0 spiro atoms. The summed E-state index contributed by atoms with van der Waals surface area (Å²) in [6.07, 6.45) is 32.0. The molecule has 0 N–H and O–H groups in total. The molecule has 0 radical (unpaired) electrons. The van der Waals surface area contributed by atoms with Crippen molar-refractivity contribution in [3.05, 3.63) is 60.8 Å². The Morgan fingerprint density at radius 3 is 1.64 bits per heavy atom. The first-order chi connectivity index (χ1) is 10.9. The summed E-state index contributed by atoms with van der Waals surface area (Å²) in [6.45, 7) is 3.16. The van der Waals surface area contributed by atoms with Crippen LogP contribution < -0.4 is 0 Å². The molecular formula is C21H32O. The molecule has 0 aliphatic carbocycles. The fourth-order valence-corrected chi connectivity index (χ4v) is 2.07. The standard InChI is InChI=1S/C21H32O/c1-2-3-4-5-6-7-8-9-10-11-12-13-14-15-16-17-18-19-21-20-22-21/h3-4,6-7,9-10,12-13,15-16,21H,2,5,8,11,14,17-20H2,1H3. The van der Waals surface area contributed by atoms with Crippen molar-refractivity contribution in [3.63, 3.8) is 0 Å². The second-order valence-corrected chi connectivity index (χ2v) is 5.59. The van der Waals surface area contributed by atoms with E-state index < -0.39 is 0 Å². The lowest BCUT2D eigenvalue weighted by molar-refractivity contribution is 0.392. The Kier molecular flexibility index (Phi) is 12.4. The molecule has 1 heteroatoms. The summed E-state index contributed by atoms with van der Waals surface area (Å²) in [5, 5.41) is 0. The van der Waals surface area contributed by atoms with Crippen LogP contribution in [0.3, 0.4) is 0 Å². The molecule has 0 aromatic rings. The predicted molar refractivity (Wildman–Crippen MR) is 98.1 cm³/mol. The van der Waals surface area contributed by atoms with Gasteiger partial charge in [-0.05, 0) is 51.4 Å². The van der Waals surface area contributed by atoms with Crippen LogP contribution in [-0.2, 0) is 4.74 Å². The zero-order valence-electron chi connectivity index (χ0n) is 14.1.